The maximum Gasteiger partial charge on any atom is 0.235 e. The summed E-state index contributed by atoms with van der Waals surface area (Å²) >= 11 is 1.38. The third kappa shape index (κ3) is 3.06. The van der Waals surface area contributed by atoms with Gasteiger partial charge in [-0.2, -0.15) is 0 Å². The smallest absolute Gasteiger partial charge is 0.235 e. The summed E-state index contributed by atoms with van der Waals surface area (Å²) in [6, 6.07) is 8.79. The van der Waals surface area contributed by atoms with Crippen LogP contribution in [0.15, 0.2) is 41.8 Å². The molecule has 0 aliphatic carbocycles. The summed E-state index contributed by atoms with van der Waals surface area (Å²) < 4.78 is 5.10. The van der Waals surface area contributed by atoms with Crippen molar-refractivity contribution in [2.45, 2.75) is 32.4 Å². The molecule has 0 N–H and O–H groups in total. The second-order valence-electron chi connectivity index (χ2n) is 8.78. The molecule has 4 atom stereocenters. The van der Waals surface area contributed by atoms with Crippen LogP contribution in [-0.4, -0.2) is 54.8 Å². The second-order valence-corrected chi connectivity index (χ2v) is 9.73. The van der Waals surface area contributed by atoms with Gasteiger partial charge in [0.2, 0.25) is 11.8 Å². The van der Waals surface area contributed by atoms with Crippen LogP contribution in [0.4, 0.5) is 5.69 Å². The van der Waals surface area contributed by atoms with Crippen molar-refractivity contribution in [2.75, 3.05) is 25.2 Å². The Kier molecular flexibility index (Phi) is 5.26. The van der Waals surface area contributed by atoms with E-state index in [1.807, 2.05) is 42.3 Å². The molecule has 0 unspecified atom stereocenters. The van der Waals surface area contributed by atoms with Crippen molar-refractivity contribution in [2.24, 2.45) is 11.8 Å². The number of imide groups is 1. The van der Waals surface area contributed by atoms with E-state index in [-0.39, 0.29) is 23.6 Å². The fourth-order valence-corrected chi connectivity index (χ4v) is 6.17. The maximum atomic E-state index is 13.7. The Hall–Kier alpha value is -2.77. The molecule has 4 heterocycles. The number of methoxy groups -OCH3 is 1. The number of Topliss-reactive ketones (excluding diaryl/α,β-unsaturated/α-hetero) is 1. The minimum absolute atomic E-state index is 0.0862. The fourth-order valence-electron chi connectivity index (χ4n) is 5.47. The lowest BCUT2D eigenvalue weighted by molar-refractivity contribution is -0.140. The van der Waals surface area contributed by atoms with Crippen LogP contribution in [0.25, 0.3) is 5.57 Å². The Morgan fingerprint density at radius 3 is 2.62 bits per heavy atom. The predicted octanol–water partition coefficient (Wildman–Crippen LogP) is 3.55. The number of carbonyl (C=O) groups excluding carboxylic acids is 3. The molecule has 3 aliphatic heterocycles. The van der Waals surface area contributed by atoms with Gasteiger partial charge in [0, 0.05) is 31.5 Å². The molecular weight excluding hydrogens is 424 g/mol. The summed E-state index contributed by atoms with van der Waals surface area (Å²) in [5, 5.41) is 1.87. The van der Waals surface area contributed by atoms with Gasteiger partial charge >= 0.3 is 0 Å². The zero-order valence-electron chi connectivity index (χ0n) is 18.4. The number of likely N-dealkylation sites (tertiary alicyclic amines) is 1. The van der Waals surface area contributed by atoms with E-state index in [1.165, 1.54) is 16.2 Å². The topological polar surface area (TPSA) is 66.9 Å². The minimum Gasteiger partial charge on any atom is -0.385 e. The number of amides is 2. The van der Waals surface area contributed by atoms with Crippen molar-refractivity contribution >= 4 is 40.2 Å². The van der Waals surface area contributed by atoms with Crippen LogP contribution in [0.1, 0.15) is 34.1 Å². The van der Waals surface area contributed by atoms with Crippen LogP contribution >= 0.6 is 11.3 Å². The largest absolute Gasteiger partial charge is 0.385 e. The van der Waals surface area contributed by atoms with Crippen molar-refractivity contribution < 1.29 is 19.1 Å². The highest BCUT2D eigenvalue weighted by Crippen LogP contribution is 2.50. The number of hydrogen-bond donors (Lipinski definition) is 0. The van der Waals surface area contributed by atoms with E-state index in [1.54, 1.807) is 13.2 Å². The van der Waals surface area contributed by atoms with E-state index in [2.05, 4.69) is 12.1 Å². The number of hydrogen-bond acceptors (Lipinski definition) is 6. The van der Waals surface area contributed by atoms with Gasteiger partial charge in [-0.3, -0.25) is 19.3 Å². The van der Waals surface area contributed by atoms with Gasteiger partial charge in [0.15, 0.2) is 5.78 Å². The van der Waals surface area contributed by atoms with Crippen molar-refractivity contribution in [3.63, 3.8) is 0 Å². The maximum absolute atomic E-state index is 13.7. The molecule has 0 saturated carbocycles. The van der Waals surface area contributed by atoms with Gasteiger partial charge in [-0.25, -0.2) is 0 Å². The standard InChI is InChI=1S/C25H26N2O4S/c1-14-7-8-17-16(12-14)15(2)13-18-20-21(25(30)26(24(20)29)9-5-10-31-3)22(27(17)18)23(28)19-6-4-11-32-19/h4,6-8,11-13,18,20-22H,5,9-10H2,1-3H3/t18-,20+,21-,22-/m1/s1. The first-order valence-corrected chi connectivity index (χ1v) is 11.8. The Bertz CT molecular complexity index is 1120. The van der Waals surface area contributed by atoms with Crippen molar-refractivity contribution in [1.29, 1.82) is 0 Å². The number of benzene rings is 1. The lowest BCUT2D eigenvalue weighted by Gasteiger charge is -2.38. The second kappa shape index (κ2) is 7.98. The number of ketones is 1. The SMILES string of the molecule is COCCCN1C(=O)[C@@H]2[C@@H](C1=O)[C@H](C(=O)c1cccs1)N1c3ccc(C)cc3C(C)=C[C@H]21. The van der Waals surface area contributed by atoms with Gasteiger partial charge in [0.1, 0.15) is 6.04 Å². The molecule has 0 radical (unpaired) electrons. The van der Waals surface area contributed by atoms with Gasteiger partial charge in [-0.1, -0.05) is 23.8 Å². The van der Waals surface area contributed by atoms with E-state index < -0.39 is 17.9 Å². The molecule has 0 bridgehead atoms. The number of anilines is 1. The van der Waals surface area contributed by atoms with Crippen LogP contribution in [-0.2, 0) is 14.3 Å². The van der Waals surface area contributed by atoms with E-state index >= 15 is 0 Å². The molecule has 7 heteroatoms. The number of aryl methyl sites for hydroxylation is 1. The third-order valence-corrected chi connectivity index (χ3v) is 7.74. The normalized spacial score (nSPS) is 26.2. The zero-order valence-corrected chi connectivity index (χ0v) is 19.2. The zero-order chi connectivity index (χ0) is 22.6. The van der Waals surface area contributed by atoms with Crippen molar-refractivity contribution in [3.05, 3.63) is 57.8 Å². The summed E-state index contributed by atoms with van der Waals surface area (Å²) in [5.74, 6) is -1.73. The monoisotopic (exact) mass is 450 g/mol. The summed E-state index contributed by atoms with van der Waals surface area (Å²) in [4.78, 5) is 44.8. The summed E-state index contributed by atoms with van der Waals surface area (Å²) in [5.41, 5.74) is 4.19. The van der Waals surface area contributed by atoms with E-state index in [4.69, 9.17) is 4.74 Å². The lowest BCUT2D eigenvalue weighted by atomic mass is 9.86. The number of carbonyl (C=O) groups is 3. The van der Waals surface area contributed by atoms with Crippen LogP contribution in [0, 0.1) is 18.8 Å². The van der Waals surface area contributed by atoms with Gasteiger partial charge in [0.05, 0.1) is 22.8 Å². The Morgan fingerprint density at radius 1 is 1.12 bits per heavy atom. The molecule has 5 rings (SSSR count). The number of rotatable bonds is 6. The van der Waals surface area contributed by atoms with Crippen LogP contribution in [0.2, 0.25) is 0 Å². The number of nitrogens with zero attached hydrogens (tertiary/aromatic N) is 2. The van der Waals surface area contributed by atoms with E-state index in [9.17, 15) is 14.4 Å². The number of ether oxygens (including phenoxy) is 1. The molecule has 6 nitrogen and oxygen atoms in total. The number of thiophene rings is 1. The highest BCUT2D eigenvalue weighted by molar-refractivity contribution is 7.12. The molecule has 3 aliphatic rings. The molecule has 32 heavy (non-hydrogen) atoms. The Labute approximate surface area is 191 Å². The van der Waals surface area contributed by atoms with Gasteiger partial charge in [-0.15, -0.1) is 11.3 Å². The molecular formula is C25H26N2O4S. The number of fused-ring (bicyclic) bond motifs is 5. The van der Waals surface area contributed by atoms with Gasteiger partial charge in [-0.05, 0) is 49.4 Å². The summed E-state index contributed by atoms with van der Waals surface area (Å²) in [6.45, 7) is 4.88. The third-order valence-electron chi connectivity index (χ3n) is 6.86. The first kappa shape index (κ1) is 21.1. The fraction of sp³-hybridized carbons (Fsp3) is 0.400. The van der Waals surface area contributed by atoms with Crippen molar-refractivity contribution in [1.82, 2.24) is 4.90 Å². The average molecular weight is 451 g/mol. The van der Waals surface area contributed by atoms with E-state index in [0.717, 1.165) is 22.4 Å². The van der Waals surface area contributed by atoms with Crippen molar-refractivity contribution in [3.8, 4) is 0 Å². The highest BCUT2D eigenvalue weighted by Gasteiger charge is 2.64. The van der Waals surface area contributed by atoms with Gasteiger partial charge < -0.3 is 9.64 Å². The quantitative estimate of drug-likeness (QED) is 0.383. The Balaban J connectivity index is 1.62. The molecule has 0 spiro atoms. The molecule has 2 aromatic rings. The van der Waals surface area contributed by atoms with E-state index in [0.29, 0.717) is 24.4 Å². The number of allylic oxidation sites excluding steroid dienone is 1. The average Bonchev–Trinajstić information content (AvgIpc) is 3.47. The summed E-state index contributed by atoms with van der Waals surface area (Å²) in [6.07, 6.45) is 2.66. The predicted molar refractivity (Wildman–Crippen MR) is 124 cm³/mol. The molecule has 166 valence electrons. The molecule has 1 aromatic heterocycles. The first-order valence-electron chi connectivity index (χ1n) is 10.9. The lowest BCUT2D eigenvalue weighted by Crippen LogP contribution is -2.49. The molecule has 2 amide bonds. The molecule has 1 aromatic carbocycles. The van der Waals surface area contributed by atoms with Crippen LogP contribution in [0.3, 0.4) is 0 Å². The van der Waals surface area contributed by atoms with Gasteiger partial charge in [0.25, 0.3) is 0 Å². The Morgan fingerprint density at radius 2 is 1.91 bits per heavy atom. The van der Waals surface area contributed by atoms with Crippen LogP contribution in [0.5, 0.6) is 0 Å². The molecule has 2 saturated heterocycles. The highest BCUT2D eigenvalue weighted by atomic mass is 32.1. The van der Waals surface area contributed by atoms with Crippen LogP contribution < -0.4 is 4.90 Å². The summed E-state index contributed by atoms with van der Waals surface area (Å²) in [7, 11) is 1.60. The first-order chi connectivity index (χ1) is 15.4. The molecule has 2 fully saturated rings. The minimum atomic E-state index is -0.696.